The van der Waals surface area contributed by atoms with Gasteiger partial charge >= 0.3 is 5.97 Å². The maximum atomic E-state index is 11.1. The number of hydrogen-bond donors (Lipinski definition) is 1. The van der Waals surface area contributed by atoms with E-state index in [9.17, 15) is 4.79 Å². The molecule has 0 bridgehead atoms. The molecule has 1 N–H and O–H groups in total. The van der Waals surface area contributed by atoms with Crippen molar-refractivity contribution >= 4 is 17.6 Å². The van der Waals surface area contributed by atoms with Gasteiger partial charge in [-0.2, -0.15) is 0 Å². The summed E-state index contributed by atoms with van der Waals surface area (Å²) in [5.74, 6) is -0.836. The van der Waals surface area contributed by atoms with Crippen LogP contribution in [-0.2, 0) is 4.79 Å². The van der Waals surface area contributed by atoms with Crippen molar-refractivity contribution < 1.29 is 9.90 Å². The first-order valence-electron chi connectivity index (χ1n) is 5.41. The summed E-state index contributed by atoms with van der Waals surface area (Å²) >= 11 is 5.82. The zero-order valence-electron chi connectivity index (χ0n) is 9.77. The normalized spacial score (nSPS) is 14.8. The first-order chi connectivity index (χ1) is 7.43. The molecular weight excluding hydrogens is 224 g/mol. The molecule has 0 aliphatic carbocycles. The molecule has 0 heterocycles. The molecule has 2 nitrogen and oxygen atoms in total. The summed E-state index contributed by atoms with van der Waals surface area (Å²) in [4.78, 5) is 11.1. The Morgan fingerprint density at radius 2 is 1.69 bits per heavy atom. The number of carboxylic acid groups (broad SMARTS) is 1. The summed E-state index contributed by atoms with van der Waals surface area (Å²) in [6.07, 6.45) is 0. The lowest BCUT2D eigenvalue weighted by molar-refractivity contribution is -0.142. The highest BCUT2D eigenvalue weighted by Crippen LogP contribution is 2.32. The molecule has 88 valence electrons. The van der Waals surface area contributed by atoms with E-state index in [-0.39, 0.29) is 17.8 Å². The van der Waals surface area contributed by atoms with Gasteiger partial charge in [-0.05, 0) is 29.5 Å². The van der Waals surface area contributed by atoms with Crippen LogP contribution in [0.1, 0.15) is 32.3 Å². The van der Waals surface area contributed by atoms with Gasteiger partial charge in [0, 0.05) is 5.02 Å². The van der Waals surface area contributed by atoms with E-state index in [1.807, 2.05) is 26.0 Å². The van der Waals surface area contributed by atoms with Gasteiger partial charge in [0.05, 0.1) is 5.92 Å². The molecule has 0 fully saturated rings. The second kappa shape index (κ2) is 5.35. The lowest BCUT2D eigenvalue weighted by Gasteiger charge is -2.25. The van der Waals surface area contributed by atoms with Gasteiger partial charge in [0.15, 0.2) is 0 Å². The Hall–Kier alpha value is -1.02. The largest absolute Gasteiger partial charge is 0.481 e. The molecule has 1 aromatic rings. The number of aliphatic carboxylic acids is 1. The summed E-state index contributed by atoms with van der Waals surface area (Å²) in [5.41, 5.74) is 1.04. The van der Waals surface area contributed by atoms with Crippen LogP contribution < -0.4 is 0 Å². The molecule has 0 amide bonds. The van der Waals surface area contributed by atoms with Crippen molar-refractivity contribution in [1.29, 1.82) is 0 Å². The van der Waals surface area contributed by atoms with Crippen LogP contribution in [-0.4, -0.2) is 11.1 Å². The summed E-state index contributed by atoms with van der Waals surface area (Å²) < 4.78 is 0. The Labute approximate surface area is 101 Å². The maximum absolute atomic E-state index is 11.1. The SMILES string of the molecule is CC(C)C(c1ccc(Cl)cc1)C(C)C(=O)O. The molecule has 0 radical (unpaired) electrons. The minimum Gasteiger partial charge on any atom is -0.481 e. The Morgan fingerprint density at radius 1 is 1.19 bits per heavy atom. The number of benzene rings is 1. The Kier molecular flexibility index (Phi) is 4.36. The Balaban J connectivity index is 3.03. The summed E-state index contributed by atoms with van der Waals surface area (Å²) in [7, 11) is 0. The molecule has 0 aromatic heterocycles. The van der Waals surface area contributed by atoms with Crippen LogP contribution in [0.3, 0.4) is 0 Å². The van der Waals surface area contributed by atoms with Crippen molar-refractivity contribution in [3.05, 3.63) is 34.9 Å². The number of carbonyl (C=O) groups is 1. The highest BCUT2D eigenvalue weighted by Gasteiger charge is 2.27. The predicted molar refractivity (Wildman–Crippen MR) is 65.8 cm³/mol. The van der Waals surface area contributed by atoms with Gasteiger partial charge < -0.3 is 5.11 Å². The van der Waals surface area contributed by atoms with Crippen LogP contribution in [0, 0.1) is 11.8 Å². The molecule has 0 spiro atoms. The average molecular weight is 241 g/mol. The fourth-order valence-corrected chi connectivity index (χ4v) is 2.22. The zero-order valence-corrected chi connectivity index (χ0v) is 10.5. The maximum Gasteiger partial charge on any atom is 0.306 e. The van der Waals surface area contributed by atoms with Crippen molar-refractivity contribution in [2.75, 3.05) is 0 Å². The van der Waals surface area contributed by atoms with Gasteiger partial charge in [0.1, 0.15) is 0 Å². The quantitative estimate of drug-likeness (QED) is 0.869. The predicted octanol–water partition coefficient (Wildman–Crippen LogP) is 3.80. The van der Waals surface area contributed by atoms with E-state index in [2.05, 4.69) is 0 Å². The van der Waals surface area contributed by atoms with Crippen LogP contribution in [0.2, 0.25) is 5.02 Å². The van der Waals surface area contributed by atoms with E-state index in [0.717, 1.165) is 5.56 Å². The summed E-state index contributed by atoms with van der Waals surface area (Å²) in [6.45, 7) is 5.83. The third kappa shape index (κ3) is 2.99. The van der Waals surface area contributed by atoms with E-state index in [4.69, 9.17) is 16.7 Å². The molecule has 1 rings (SSSR count). The molecule has 3 heteroatoms. The van der Waals surface area contributed by atoms with E-state index >= 15 is 0 Å². The van der Waals surface area contributed by atoms with Crippen LogP contribution in [0.5, 0.6) is 0 Å². The van der Waals surface area contributed by atoms with Gasteiger partial charge in [-0.1, -0.05) is 44.5 Å². The molecule has 16 heavy (non-hydrogen) atoms. The van der Waals surface area contributed by atoms with Crippen LogP contribution in [0.4, 0.5) is 0 Å². The summed E-state index contributed by atoms with van der Waals surface area (Å²) in [6, 6.07) is 7.43. The van der Waals surface area contributed by atoms with Crippen LogP contribution in [0.15, 0.2) is 24.3 Å². The molecule has 2 atom stereocenters. The highest BCUT2D eigenvalue weighted by atomic mass is 35.5. The third-order valence-electron chi connectivity index (χ3n) is 2.90. The first-order valence-corrected chi connectivity index (χ1v) is 5.79. The number of carboxylic acids is 1. The van der Waals surface area contributed by atoms with Crippen molar-refractivity contribution in [2.24, 2.45) is 11.8 Å². The van der Waals surface area contributed by atoms with Crippen molar-refractivity contribution in [2.45, 2.75) is 26.7 Å². The molecule has 0 saturated heterocycles. The second-order valence-electron chi connectivity index (χ2n) is 4.45. The molecule has 1 aromatic carbocycles. The first kappa shape index (κ1) is 13.0. The standard InChI is InChI=1S/C13H17ClO2/c1-8(2)12(9(3)13(15)16)10-4-6-11(14)7-5-10/h4-9,12H,1-3H3,(H,15,16). The van der Waals surface area contributed by atoms with Crippen LogP contribution >= 0.6 is 11.6 Å². The van der Waals surface area contributed by atoms with Crippen LogP contribution in [0.25, 0.3) is 0 Å². The topological polar surface area (TPSA) is 37.3 Å². The monoisotopic (exact) mass is 240 g/mol. The second-order valence-corrected chi connectivity index (χ2v) is 4.88. The fraction of sp³-hybridized carbons (Fsp3) is 0.462. The minimum atomic E-state index is -0.756. The van der Waals surface area contributed by atoms with Gasteiger partial charge in [-0.15, -0.1) is 0 Å². The number of hydrogen-bond acceptors (Lipinski definition) is 1. The van der Waals surface area contributed by atoms with E-state index in [0.29, 0.717) is 5.02 Å². The lowest BCUT2D eigenvalue weighted by atomic mass is 9.79. The smallest absolute Gasteiger partial charge is 0.306 e. The Bertz CT molecular complexity index is 357. The number of rotatable bonds is 4. The lowest BCUT2D eigenvalue weighted by Crippen LogP contribution is -2.23. The molecule has 0 aliphatic heterocycles. The average Bonchev–Trinajstić information content (AvgIpc) is 2.20. The summed E-state index contributed by atoms with van der Waals surface area (Å²) in [5, 5.41) is 9.77. The van der Waals surface area contributed by atoms with E-state index in [1.54, 1.807) is 19.1 Å². The Morgan fingerprint density at radius 3 is 2.06 bits per heavy atom. The van der Waals surface area contributed by atoms with Crippen molar-refractivity contribution in [1.82, 2.24) is 0 Å². The van der Waals surface area contributed by atoms with Gasteiger partial charge in [0.2, 0.25) is 0 Å². The molecule has 0 aliphatic rings. The fourth-order valence-electron chi connectivity index (χ4n) is 2.09. The van der Waals surface area contributed by atoms with E-state index < -0.39 is 5.97 Å². The highest BCUT2D eigenvalue weighted by molar-refractivity contribution is 6.30. The van der Waals surface area contributed by atoms with E-state index in [1.165, 1.54) is 0 Å². The van der Waals surface area contributed by atoms with Gasteiger partial charge in [-0.25, -0.2) is 0 Å². The number of halogens is 1. The van der Waals surface area contributed by atoms with Crippen molar-refractivity contribution in [3.63, 3.8) is 0 Å². The molecular formula is C13H17ClO2. The molecule has 2 unspecified atom stereocenters. The van der Waals surface area contributed by atoms with Gasteiger partial charge in [0.25, 0.3) is 0 Å². The minimum absolute atomic E-state index is 0.0229. The zero-order chi connectivity index (χ0) is 12.3. The third-order valence-corrected chi connectivity index (χ3v) is 3.15. The molecule has 0 saturated carbocycles. The van der Waals surface area contributed by atoms with Gasteiger partial charge in [-0.3, -0.25) is 4.79 Å². The van der Waals surface area contributed by atoms with Crippen molar-refractivity contribution in [3.8, 4) is 0 Å².